The van der Waals surface area contributed by atoms with E-state index in [0.29, 0.717) is 12.2 Å². The molecule has 132 valence electrons. The highest BCUT2D eigenvalue weighted by Crippen LogP contribution is 2.22. The predicted molar refractivity (Wildman–Crippen MR) is 96.0 cm³/mol. The van der Waals surface area contributed by atoms with Gasteiger partial charge in [0.2, 0.25) is 0 Å². The molecule has 0 aliphatic carbocycles. The van der Waals surface area contributed by atoms with Crippen LogP contribution in [0.5, 0.6) is 5.75 Å². The summed E-state index contributed by atoms with van der Waals surface area (Å²) < 4.78 is 31.9. The van der Waals surface area contributed by atoms with Crippen molar-refractivity contribution in [3.8, 4) is 5.75 Å². The van der Waals surface area contributed by atoms with Gasteiger partial charge in [0, 0.05) is 18.3 Å². The molecule has 0 radical (unpaired) electrons. The number of aromatic nitrogens is 2. The monoisotopic (exact) mass is 350 g/mol. The lowest BCUT2D eigenvalue weighted by atomic mass is 10.1. The highest BCUT2D eigenvalue weighted by molar-refractivity contribution is 7.90. The Balaban J connectivity index is 1.80. The van der Waals surface area contributed by atoms with Gasteiger partial charge in [-0.15, -0.1) is 0 Å². The number of benzene rings is 1. The molecule has 0 saturated heterocycles. The molecular formula is C18H26N2O3S. The zero-order valence-corrected chi connectivity index (χ0v) is 15.5. The molecule has 2 aromatic rings. The Hall–Kier alpha value is -1.82. The van der Waals surface area contributed by atoms with Crippen LogP contribution in [-0.2, 0) is 22.1 Å². The van der Waals surface area contributed by atoms with Crippen molar-refractivity contribution in [2.75, 3.05) is 12.9 Å². The van der Waals surface area contributed by atoms with Crippen LogP contribution in [0.3, 0.4) is 0 Å². The second-order valence-corrected chi connectivity index (χ2v) is 8.43. The van der Waals surface area contributed by atoms with Gasteiger partial charge in [0.25, 0.3) is 0 Å². The summed E-state index contributed by atoms with van der Waals surface area (Å²) in [5.41, 5.74) is 2.92. The number of methoxy groups -OCH3 is 1. The molecule has 0 aliphatic rings. The summed E-state index contributed by atoms with van der Waals surface area (Å²) in [6.45, 7) is 4.79. The van der Waals surface area contributed by atoms with Crippen molar-refractivity contribution in [2.24, 2.45) is 0 Å². The second-order valence-electron chi connectivity index (χ2n) is 6.25. The first-order valence-corrected chi connectivity index (χ1v) is 10.0. The Kier molecular flexibility index (Phi) is 6.43. The van der Waals surface area contributed by atoms with Crippen LogP contribution in [0.25, 0.3) is 0 Å². The highest BCUT2D eigenvalue weighted by Gasteiger charge is 2.15. The molecule has 0 saturated carbocycles. The van der Waals surface area contributed by atoms with E-state index in [1.54, 1.807) is 7.11 Å². The van der Waals surface area contributed by atoms with Gasteiger partial charge in [-0.25, -0.2) is 8.42 Å². The number of aryl methyl sites for hydroxylation is 3. The molecule has 6 heteroatoms. The lowest BCUT2D eigenvalue weighted by Gasteiger charge is -2.10. The maximum Gasteiger partial charge on any atom is 0.154 e. The molecule has 0 aliphatic heterocycles. The van der Waals surface area contributed by atoms with E-state index in [2.05, 4.69) is 5.10 Å². The summed E-state index contributed by atoms with van der Waals surface area (Å²) in [7, 11) is -1.56. The van der Waals surface area contributed by atoms with Gasteiger partial charge >= 0.3 is 0 Å². The van der Waals surface area contributed by atoms with Gasteiger partial charge < -0.3 is 4.74 Å². The predicted octanol–water partition coefficient (Wildman–Crippen LogP) is 3.29. The van der Waals surface area contributed by atoms with E-state index in [9.17, 15) is 8.42 Å². The Morgan fingerprint density at radius 1 is 1.12 bits per heavy atom. The molecule has 0 fully saturated rings. The first kappa shape index (κ1) is 18.5. The number of unbranched alkanes of at least 4 members (excludes halogenated alkanes) is 2. The van der Waals surface area contributed by atoms with Crippen molar-refractivity contribution in [3.05, 3.63) is 47.3 Å². The quantitative estimate of drug-likeness (QED) is 0.651. The minimum atomic E-state index is -3.13. The molecule has 0 N–H and O–H groups in total. The Labute approximate surface area is 144 Å². The number of sulfone groups is 1. The fourth-order valence-corrected chi connectivity index (χ4v) is 4.18. The SMILES string of the molecule is COc1ccc(C)cc1CS(=O)(=O)CCCCCn1cc(C)cn1. The third-order valence-electron chi connectivity index (χ3n) is 3.92. The first-order valence-electron chi connectivity index (χ1n) is 8.22. The smallest absolute Gasteiger partial charge is 0.154 e. The van der Waals surface area contributed by atoms with Crippen molar-refractivity contribution in [2.45, 2.75) is 45.4 Å². The van der Waals surface area contributed by atoms with Crippen molar-refractivity contribution in [3.63, 3.8) is 0 Å². The Bertz CT molecular complexity index is 766. The minimum Gasteiger partial charge on any atom is -0.496 e. The summed E-state index contributed by atoms with van der Waals surface area (Å²) in [6, 6.07) is 5.63. The summed E-state index contributed by atoms with van der Waals surface area (Å²) in [5.74, 6) is 0.886. The van der Waals surface area contributed by atoms with Crippen molar-refractivity contribution in [1.82, 2.24) is 9.78 Å². The van der Waals surface area contributed by atoms with Crippen LogP contribution in [0.2, 0.25) is 0 Å². The first-order chi connectivity index (χ1) is 11.4. The number of hydrogen-bond donors (Lipinski definition) is 0. The zero-order valence-electron chi connectivity index (χ0n) is 14.7. The number of nitrogens with zero attached hydrogens (tertiary/aromatic N) is 2. The zero-order chi connectivity index (χ0) is 17.6. The van der Waals surface area contributed by atoms with Crippen LogP contribution < -0.4 is 4.74 Å². The van der Waals surface area contributed by atoms with Crippen molar-refractivity contribution < 1.29 is 13.2 Å². The van der Waals surface area contributed by atoms with E-state index in [1.165, 1.54) is 0 Å². The molecule has 24 heavy (non-hydrogen) atoms. The Morgan fingerprint density at radius 2 is 1.92 bits per heavy atom. The highest BCUT2D eigenvalue weighted by atomic mass is 32.2. The molecule has 1 aromatic heterocycles. The lowest BCUT2D eigenvalue weighted by Crippen LogP contribution is -2.11. The summed E-state index contributed by atoms with van der Waals surface area (Å²) in [6.07, 6.45) is 6.32. The third-order valence-corrected chi connectivity index (χ3v) is 5.58. The van der Waals surface area contributed by atoms with E-state index in [0.717, 1.165) is 36.1 Å². The largest absolute Gasteiger partial charge is 0.496 e. The molecule has 0 spiro atoms. The molecule has 0 unspecified atom stereocenters. The topological polar surface area (TPSA) is 61.2 Å². The van der Waals surface area contributed by atoms with Gasteiger partial charge in [-0.3, -0.25) is 4.68 Å². The van der Waals surface area contributed by atoms with Gasteiger partial charge in [0.15, 0.2) is 9.84 Å². The number of ether oxygens (including phenoxy) is 1. The van der Waals surface area contributed by atoms with E-state index in [4.69, 9.17) is 4.74 Å². The normalized spacial score (nSPS) is 11.6. The van der Waals surface area contributed by atoms with E-state index in [1.807, 2.05) is 49.1 Å². The van der Waals surface area contributed by atoms with Crippen LogP contribution >= 0.6 is 0 Å². The summed E-state index contributed by atoms with van der Waals surface area (Å²) >= 11 is 0. The van der Waals surface area contributed by atoms with Crippen LogP contribution in [-0.4, -0.2) is 31.1 Å². The van der Waals surface area contributed by atoms with Gasteiger partial charge in [-0.2, -0.15) is 5.10 Å². The summed E-state index contributed by atoms with van der Waals surface area (Å²) in [5, 5.41) is 4.23. The molecule has 0 amide bonds. The van der Waals surface area contributed by atoms with E-state index in [-0.39, 0.29) is 11.5 Å². The van der Waals surface area contributed by atoms with Gasteiger partial charge in [-0.1, -0.05) is 24.1 Å². The van der Waals surface area contributed by atoms with Crippen molar-refractivity contribution >= 4 is 9.84 Å². The molecule has 2 rings (SSSR count). The minimum absolute atomic E-state index is 0.0379. The third kappa shape index (κ3) is 5.67. The van der Waals surface area contributed by atoms with Gasteiger partial charge in [-0.05, 0) is 38.3 Å². The van der Waals surface area contributed by atoms with Crippen LogP contribution in [0, 0.1) is 13.8 Å². The average Bonchev–Trinajstić information content (AvgIpc) is 2.92. The van der Waals surface area contributed by atoms with E-state index >= 15 is 0 Å². The summed E-state index contributed by atoms with van der Waals surface area (Å²) in [4.78, 5) is 0. The number of hydrogen-bond acceptors (Lipinski definition) is 4. The molecule has 5 nitrogen and oxygen atoms in total. The second kappa shape index (κ2) is 8.33. The van der Waals surface area contributed by atoms with Crippen LogP contribution in [0.15, 0.2) is 30.6 Å². The fraction of sp³-hybridized carbons (Fsp3) is 0.500. The molecule has 0 bridgehead atoms. The fourth-order valence-electron chi connectivity index (χ4n) is 2.69. The van der Waals surface area contributed by atoms with Crippen LogP contribution in [0.1, 0.15) is 36.0 Å². The van der Waals surface area contributed by atoms with E-state index < -0.39 is 9.84 Å². The van der Waals surface area contributed by atoms with Crippen LogP contribution in [0.4, 0.5) is 0 Å². The lowest BCUT2D eigenvalue weighted by molar-refractivity contribution is 0.411. The molecular weight excluding hydrogens is 324 g/mol. The maximum atomic E-state index is 12.3. The molecule has 1 heterocycles. The standard InChI is InChI=1S/C18H26N2O3S/c1-15-7-8-18(23-3)17(11-15)14-24(21,22)10-6-4-5-9-20-13-16(2)12-19-20/h7-8,11-13H,4-6,9-10,14H2,1-3H3. The molecule has 1 aromatic carbocycles. The Morgan fingerprint density at radius 3 is 2.58 bits per heavy atom. The molecule has 0 atom stereocenters. The maximum absolute atomic E-state index is 12.3. The van der Waals surface area contributed by atoms with Crippen molar-refractivity contribution in [1.29, 1.82) is 0 Å². The van der Waals surface area contributed by atoms with Gasteiger partial charge in [0.05, 0.1) is 24.8 Å². The average molecular weight is 350 g/mol. The van der Waals surface area contributed by atoms with Gasteiger partial charge in [0.1, 0.15) is 5.75 Å². The number of rotatable bonds is 9.